The minimum absolute atomic E-state index is 0.382. The van der Waals surface area contributed by atoms with Crippen molar-refractivity contribution in [2.75, 3.05) is 0 Å². The van der Waals surface area contributed by atoms with Gasteiger partial charge in [0, 0.05) is 0 Å². The fourth-order valence-corrected chi connectivity index (χ4v) is 1.71. The Morgan fingerprint density at radius 3 is 2.47 bits per heavy atom. The van der Waals surface area contributed by atoms with E-state index in [9.17, 15) is 4.79 Å². The normalized spacial score (nSPS) is 18.1. The maximum atomic E-state index is 11.0. The highest BCUT2D eigenvalue weighted by Crippen LogP contribution is 2.36. The molecule has 0 amide bonds. The smallest absolute Gasteiger partial charge is 0.335 e. The van der Waals surface area contributed by atoms with Crippen LogP contribution in [0.25, 0.3) is 0 Å². The molecule has 15 heavy (non-hydrogen) atoms. The van der Waals surface area contributed by atoms with Gasteiger partial charge in [0.15, 0.2) is 5.60 Å². The van der Waals surface area contributed by atoms with Crippen molar-refractivity contribution in [1.29, 1.82) is 0 Å². The van der Waals surface area contributed by atoms with Gasteiger partial charge < -0.3 is 9.84 Å². The number of carboxylic acids is 1. The lowest BCUT2D eigenvalue weighted by atomic mass is 9.80. The van der Waals surface area contributed by atoms with Crippen LogP contribution in [-0.4, -0.2) is 16.7 Å². The molecule has 0 unspecified atom stereocenters. The van der Waals surface area contributed by atoms with Gasteiger partial charge in [0.2, 0.25) is 0 Å². The number of hydrogen-bond acceptors (Lipinski definition) is 2. The zero-order valence-electron chi connectivity index (χ0n) is 8.48. The van der Waals surface area contributed by atoms with Crippen molar-refractivity contribution >= 4 is 5.97 Å². The number of carbonyl (C=O) groups is 1. The molecule has 0 heterocycles. The second kappa shape index (κ2) is 4.03. The molecule has 0 spiro atoms. The first kappa shape index (κ1) is 10.2. The fourth-order valence-electron chi connectivity index (χ4n) is 1.71. The van der Waals surface area contributed by atoms with E-state index in [1.165, 1.54) is 0 Å². The second-order valence-electron chi connectivity index (χ2n) is 3.93. The van der Waals surface area contributed by atoms with Crippen LogP contribution in [0.1, 0.15) is 24.8 Å². The molecular weight excluding hydrogens is 192 g/mol. The van der Waals surface area contributed by atoms with Gasteiger partial charge in [0.1, 0.15) is 0 Å². The zero-order valence-corrected chi connectivity index (χ0v) is 8.48. The molecule has 2 rings (SSSR count). The average Bonchev–Trinajstić information content (AvgIpc) is 2.17. The van der Waals surface area contributed by atoms with Gasteiger partial charge in [-0.15, -0.1) is 0 Å². The Kier molecular flexibility index (Phi) is 2.73. The van der Waals surface area contributed by atoms with E-state index in [1.54, 1.807) is 0 Å². The Bertz CT molecular complexity index is 341. The molecule has 1 aliphatic rings. The van der Waals surface area contributed by atoms with E-state index in [4.69, 9.17) is 9.84 Å². The van der Waals surface area contributed by atoms with Crippen molar-refractivity contribution in [3.05, 3.63) is 35.9 Å². The van der Waals surface area contributed by atoms with Crippen molar-refractivity contribution in [3.63, 3.8) is 0 Å². The Morgan fingerprint density at radius 2 is 2.00 bits per heavy atom. The van der Waals surface area contributed by atoms with Crippen molar-refractivity contribution in [2.24, 2.45) is 0 Å². The second-order valence-corrected chi connectivity index (χ2v) is 3.93. The Hall–Kier alpha value is -1.35. The first-order valence-electron chi connectivity index (χ1n) is 5.14. The van der Waals surface area contributed by atoms with Crippen LogP contribution in [0.5, 0.6) is 0 Å². The third kappa shape index (κ3) is 2.02. The van der Waals surface area contributed by atoms with E-state index in [0.29, 0.717) is 19.4 Å². The molecule has 3 heteroatoms. The van der Waals surface area contributed by atoms with Crippen molar-refractivity contribution in [1.82, 2.24) is 0 Å². The number of aliphatic carboxylic acids is 1. The molecule has 1 fully saturated rings. The van der Waals surface area contributed by atoms with Gasteiger partial charge in [-0.2, -0.15) is 0 Å². The van der Waals surface area contributed by atoms with Crippen molar-refractivity contribution < 1.29 is 14.6 Å². The highest BCUT2D eigenvalue weighted by molar-refractivity contribution is 5.78. The molecule has 1 aliphatic carbocycles. The number of benzene rings is 1. The standard InChI is InChI=1S/C12H14O3/c13-11(14)12(7-4-8-12)15-9-10-5-2-1-3-6-10/h1-3,5-6H,4,7-9H2,(H,13,14). The van der Waals surface area contributed by atoms with E-state index < -0.39 is 11.6 Å². The predicted molar refractivity (Wildman–Crippen MR) is 55.4 cm³/mol. The molecule has 1 aromatic rings. The van der Waals surface area contributed by atoms with Gasteiger partial charge in [-0.1, -0.05) is 30.3 Å². The first-order valence-corrected chi connectivity index (χ1v) is 5.14. The van der Waals surface area contributed by atoms with E-state index in [1.807, 2.05) is 30.3 Å². The highest BCUT2D eigenvalue weighted by atomic mass is 16.5. The van der Waals surface area contributed by atoms with Gasteiger partial charge in [-0.05, 0) is 24.8 Å². The van der Waals surface area contributed by atoms with E-state index >= 15 is 0 Å². The van der Waals surface area contributed by atoms with Crippen LogP contribution in [0.15, 0.2) is 30.3 Å². The maximum Gasteiger partial charge on any atom is 0.335 e. The molecule has 80 valence electrons. The van der Waals surface area contributed by atoms with Gasteiger partial charge in [0.05, 0.1) is 6.61 Å². The van der Waals surface area contributed by atoms with Crippen LogP contribution in [0.4, 0.5) is 0 Å². The molecule has 0 atom stereocenters. The lowest BCUT2D eigenvalue weighted by Crippen LogP contribution is -2.47. The molecule has 1 saturated carbocycles. The number of ether oxygens (including phenoxy) is 1. The van der Waals surface area contributed by atoms with Crippen LogP contribution in [0.2, 0.25) is 0 Å². The summed E-state index contributed by atoms with van der Waals surface area (Å²) in [6.45, 7) is 0.382. The maximum absolute atomic E-state index is 11.0. The van der Waals surface area contributed by atoms with Crippen LogP contribution in [0, 0.1) is 0 Å². The summed E-state index contributed by atoms with van der Waals surface area (Å²) in [6.07, 6.45) is 2.21. The van der Waals surface area contributed by atoms with E-state index in [2.05, 4.69) is 0 Å². The number of hydrogen-bond donors (Lipinski definition) is 1. The molecule has 0 radical (unpaired) electrons. The molecule has 3 nitrogen and oxygen atoms in total. The van der Waals surface area contributed by atoms with E-state index in [-0.39, 0.29) is 0 Å². The quantitative estimate of drug-likeness (QED) is 0.821. The van der Waals surface area contributed by atoms with Crippen LogP contribution in [-0.2, 0) is 16.1 Å². The van der Waals surface area contributed by atoms with Gasteiger partial charge in [0.25, 0.3) is 0 Å². The van der Waals surface area contributed by atoms with Gasteiger partial charge in [-0.3, -0.25) is 0 Å². The summed E-state index contributed by atoms with van der Waals surface area (Å²) in [7, 11) is 0. The van der Waals surface area contributed by atoms with Gasteiger partial charge >= 0.3 is 5.97 Å². The third-order valence-electron chi connectivity index (χ3n) is 2.91. The lowest BCUT2D eigenvalue weighted by Gasteiger charge is -2.37. The highest BCUT2D eigenvalue weighted by Gasteiger charge is 2.45. The first-order chi connectivity index (χ1) is 7.23. The predicted octanol–water partition coefficient (Wildman–Crippen LogP) is 2.21. The summed E-state index contributed by atoms with van der Waals surface area (Å²) < 4.78 is 5.51. The number of rotatable bonds is 4. The lowest BCUT2D eigenvalue weighted by molar-refractivity contribution is -0.181. The largest absolute Gasteiger partial charge is 0.479 e. The zero-order chi connectivity index (χ0) is 10.7. The summed E-state index contributed by atoms with van der Waals surface area (Å²) in [5, 5.41) is 9.04. The van der Waals surface area contributed by atoms with Crippen LogP contribution < -0.4 is 0 Å². The Labute approximate surface area is 88.7 Å². The molecule has 1 N–H and O–H groups in total. The molecule has 0 aliphatic heterocycles. The summed E-state index contributed by atoms with van der Waals surface area (Å²) in [5.41, 5.74) is 0.112. The van der Waals surface area contributed by atoms with Crippen LogP contribution in [0.3, 0.4) is 0 Å². The Balaban J connectivity index is 1.95. The minimum atomic E-state index is -0.907. The van der Waals surface area contributed by atoms with Crippen LogP contribution >= 0.6 is 0 Å². The summed E-state index contributed by atoms with van der Waals surface area (Å²) >= 11 is 0. The molecule has 0 bridgehead atoms. The third-order valence-corrected chi connectivity index (χ3v) is 2.91. The number of carboxylic acid groups (broad SMARTS) is 1. The summed E-state index contributed by atoms with van der Waals surface area (Å²) in [5.74, 6) is -0.829. The summed E-state index contributed by atoms with van der Waals surface area (Å²) in [4.78, 5) is 11.0. The van der Waals surface area contributed by atoms with E-state index in [0.717, 1.165) is 12.0 Å². The Morgan fingerprint density at radius 1 is 1.33 bits per heavy atom. The van der Waals surface area contributed by atoms with Crippen molar-refractivity contribution in [2.45, 2.75) is 31.5 Å². The molecule has 0 aromatic heterocycles. The minimum Gasteiger partial charge on any atom is -0.479 e. The van der Waals surface area contributed by atoms with Crippen molar-refractivity contribution in [3.8, 4) is 0 Å². The topological polar surface area (TPSA) is 46.5 Å². The molecular formula is C12H14O3. The monoisotopic (exact) mass is 206 g/mol. The fraction of sp³-hybridized carbons (Fsp3) is 0.417. The van der Waals surface area contributed by atoms with Gasteiger partial charge in [-0.25, -0.2) is 4.79 Å². The SMILES string of the molecule is O=C(O)C1(OCc2ccccc2)CCC1. The molecule has 0 saturated heterocycles. The molecule has 1 aromatic carbocycles. The summed E-state index contributed by atoms with van der Waals surface area (Å²) in [6, 6.07) is 9.65. The average molecular weight is 206 g/mol.